The fraction of sp³-hybridized carbons (Fsp3) is 0.360. The summed E-state index contributed by atoms with van der Waals surface area (Å²) in [5.74, 6) is -0.119. The second kappa shape index (κ2) is 9.81. The number of piperazine rings is 1. The zero-order valence-electron chi connectivity index (χ0n) is 18.6. The largest absolute Gasteiger partial charge is 0.508 e. The van der Waals surface area contributed by atoms with Crippen LogP contribution in [0.2, 0.25) is 0 Å². The SMILES string of the molecule is CCOC(=O)c1csc(-c2ccc([C@H](c3cccc(O)c3)N3C[C@@H](C)NC[C@@H]3C)cc2)n1. The van der Waals surface area contributed by atoms with Crippen LogP contribution in [0, 0.1) is 0 Å². The summed E-state index contributed by atoms with van der Waals surface area (Å²) in [5.41, 5.74) is 3.53. The molecule has 1 fully saturated rings. The van der Waals surface area contributed by atoms with E-state index in [1.165, 1.54) is 11.3 Å². The van der Waals surface area contributed by atoms with Gasteiger partial charge in [-0.3, -0.25) is 4.90 Å². The molecule has 1 aliphatic rings. The van der Waals surface area contributed by atoms with Crippen molar-refractivity contribution >= 4 is 17.3 Å². The first-order valence-corrected chi connectivity index (χ1v) is 11.8. The predicted molar refractivity (Wildman–Crippen MR) is 127 cm³/mol. The van der Waals surface area contributed by atoms with Gasteiger partial charge in [0.1, 0.15) is 10.8 Å². The summed E-state index contributed by atoms with van der Waals surface area (Å²) in [4.78, 5) is 18.9. The lowest BCUT2D eigenvalue weighted by Crippen LogP contribution is -2.55. The molecular formula is C25H29N3O3S. The van der Waals surface area contributed by atoms with Crippen molar-refractivity contribution in [2.45, 2.75) is 38.9 Å². The summed E-state index contributed by atoms with van der Waals surface area (Å²) in [5, 5.41) is 16.2. The van der Waals surface area contributed by atoms with Crippen LogP contribution in [-0.2, 0) is 4.74 Å². The van der Waals surface area contributed by atoms with Gasteiger partial charge in [-0.05, 0) is 44.0 Å². The number of benzene rings is 2. The van der Waals surface area contributed by atoms with Crippen LogP contribution in [0.25, 0.3) is 10.6 Å². The first-order chi connectivity index (χ1) is 15.5. The molecule has 3 atom stereocenters. The Labute approximate surface area is 192 Å². The van der Waals surface area contributed by atoms with E-state index in [1.54, 1.807) is 18.4 Å². The van der Waals surface area contributed by atoms with Crippen molar-refractivity contribution in [3.63, 3.8) is 0 Å². The van der Waals surface area contributed by atoms with E-state index in [9.17, 15) is 9.90 Å². The maximum atomic E-state index is 11.9. The molecule has 0 radical (unpaired) electrons. The highest BCUT2D eigenvalue weighted by Crippen LogP contribution is 2.34. The Kier molecular flexibility index (Phi) is 6.89. The summed E-state index contributed by atoms with van der Waals surface area (Å²) in [6.45, 7) is 8.39. The standard InChI is InChI=1S/C25H29N3O3S/c1-4-31-25(30)22-15-32-24(27-22)19-10-8-18(9-11-19)23(20-6-5-7-21(29)12-20)28-14-16(2)26-13-17(28)3/h5-12,15-17,23,26,29H,4,13-14H2,1-3H3/t16-,17+,23-/m1/s1. The highest BCUT2D eigenvalue weighted by atomic mass is 32.1. The summed E-state index contributed by atoms with van der Waals surface area (Å²) in [6.07, 6.45) is 0. The lowest BCUT2D eigenvalue weighted by atomic mass is 9.93. The molecule has 3 aromatic rings. The number of hydrogen-bond donors (Lipinski definition) is 2. The predicted octanol–water partition coefficient (Wildman–Crippen LogP) is 4.46. The molecule has 6 nitrogen and oxygen atoms in total. The molecule has 1 saturated heterocycles. The average Bonchev–Trinajstić information content (AvgIpc) is 3.28. The van der Waals surface area contributed by atoms with Crippen molar-refractivity contribution < 1.29 is 14.6 Å². The number of ether oxygens (including phenoxy) is 1. The lowest BCUT2D eigenvalue weighted by molar-refractivity contribution is 0.0520. The number of aromatic hydroxyl groups is 1. The number of carbonyl (C=O) groups excluding carboxylic acids is 1. The smallest absolute Gasteiger partial charge is 0.357 e. The van der Waals surface area contributed by atoms with E-state index in [4.69, 9.17) is 4.74 Å². The fourth-order valence-corrected chi connectivity index (χ4v) is 4.99. The molecule has 4 rings (SSSR count). The van der Waals surface area contributed by atoms with Gasteiger partial charge in [0, 0.05) is 36.1 Å². The van der Waals surface area contributed by atoms with Gasteiger partial charge in [0.2, 0.25) is 0 Å². The second-order valence-corrected chi connectivity index (χ2v) is 9.09. The Morgan fingerprint density at radius 3 is 2.75 bits per heavy atom. The van der Waals surface area contributed by atoms with E-state index in [0.717, 1.165) is 34.8 Å². The molecule has 2 aromatic carbocycles. The van der Waals surface area contributed by atoms with Gasteiger partial charge in [0.15, 0.2) is 5.69 Å². The van der Waals surface area contributed by atoms with Crippen molar-refractivity contribution in [3.05, 3.63) is 70.7 Å². The molecule has 168 valence electrons. The zero-order valence-corrected chi connectivity index (χ0v) is 19.4. The van der Waals surface area contributed by atoms with Crippen LogP contribution < -0.4 is 5.32 Å². The van der Waals surface area contributed by atoms with Crippen LogP contribution in [0.5, 0.6) is 5.75 Å². The van der Waals surface area contributed by atoms with Crippen LogP contribution >= 0.6 is 11.3 Å². The minimum atomic E-state index is -0.391. The monoisotopic (exact) mass is 451 g/mol. The van der Waals surface area contributed by atoms with Gasteiger partial charge in [-0.2, -0.15) is 0 Å². The molecule has 0 amide bonds. The second-order valence-electron chi connectivity index (χ2n) is 8.23. The molecule has 2 N–H and O–H groups in total. The Hall–Kier alpha value is -2.74. The molecule has 0 saturated carbocycles. The summed E-state index contributed by atoms with van der Waals surface area (Å²) in [7, 11) is 0. The van der Waals surface area contributed by atoms with Crippen LogP contribution in [0.4, 0.5) is 0 Å². The van der Waals surface area contributed by atoms with E-state index in [-0.39, 0.29) is 11.8 Å². The van der Waals surface area contributed by atoms with Gasteiger partial charge in [0.05, 0.1) is 12.6 Å². The molecular weight excluding hydrogens is 422 g/mol. The number of phenols is 1. The van der Waals surface area contributed by atoms with Crippen LogP contribution in [0.3, 0.4) is 0 Å². The van der Waals surface area contributed by atoms with Crippen molar-refractivity contribution in [2.75, 3.05) is 19.7 Å². The van der Waals surface area contributed by atoms with E-state index in [2.05, 4.69) is 59.4 Å². The first-order valence-electron chi connectivity index (χ1n) is 11.0. The number of carbonyl (C=O) groups is 1. The summed E-state index contributed by atoms with van der Waals surface area (Å²) < 4.78 is 5.05. The third kappa shape index (κ3) is 4.85. The molecule has 0 spiro atoms. The quantitative estimate of drug-likeness (QED) is 0.539. The summed E-state index contributed by atoms with van der Waals surface area (Å²) in [6, 6.07) is 16.6. The van der Waals surface area contributed by atoms with E-state index in [1.807, 2.05) is 12.1 Å². The van der Waals surface area contributed by atoms with Gasteiger partial charge in [-0.1, -0.05) is 36.4 Å². The van der Waals surface area contributed by atoms with Gasteiger partial charge in [-0.15, -0.1) is 11.3 Å². The number of nitrogens with zero attached hydrogens (tertiary/aromatic N) is 2. The number of phenolic OH excluding ortho intramolecular Hbond substituents is 1. The molecule has 0 unspecified atom stereocenters. The van der Waals surface area contributed by atoms with Crippen LogP contribution in [0.1, 0.15) is 48.4 Å². The van der Waals surface area contributed by atoms with Crippen molar-refractivity contribution in [1.29, 1.82) is 0 Å². The first kappa shape index (κ1) is 22.5. The lowest BCUT2D eigenvalue weighted by Gasteiger charge is -2.43. The van der Waals surface area contributed by atoms with Crippen LogP contribution in [0.15, 0.2) is 53.9 Å². The zero-order chi connectivity index (χ0) is 22.7. The van der Waals surface area contributed by atoms with Gasteiger partial charge in [0.25, 0.3) is 0 Å². The Morgan fingerprint density at radius 1 is 1.25 bits per heavy atom. The molecule has 2 heterocycles. The van der Waals surface area contributed by atoms with Crippen molar-refractivity contribution in [1.82, 2.24) is 15.2 Å². The maximum absolute atomic E-state index is 11.9. The van der Waals surface area contributed by atoms with Gasteiger partial charge in [-0.25, -0.2) is 9.78 Å². The fourth-order valence-electron chi connectivity index (χ4n) is 4.19. The minimum Gasteiger partial charge on any atom is -0.508 e. The van der Waals surface area contributed by atoms with Crippen molar-refractivity contribution in [3.8, 4) is 16.3 Å². The molecule has 32 heavy (non-hydrogen) atoms. The van der Waals surface area contributed by atoms with Crippen molar-refractivity contribution in [2.24, 2.45) is 0 Å². The number of rotatable bonds is 6. The molecule has 0 bridgehead atoms. The summed E-state index contributed by atoms with van der Waals surface area (Å²) >= 11 is 1.43. The van der Waals surface area contributed by atoms with Gasteiger partial charge < -0.3 is 15.2 Å². The number of aromatic nitrogens is 1. The van der Waals surface area contributed by atoms with Gasteiger partial charge >= 0.3 is 5.97 Å². The third-order valence-corrected chi connectivity index (χ3v) is 6.68. The number of hydrogen-bond acceptors (Lipinski definition) is 7. The number of esters is 1. The Balaban J connectivity index is 1.66. The topological polar surface area (TPSA) is 74.7 Å². The maximum Gasteiger partial charge on any atom is 0.357 e. The molecule has 1 aliphatic heterocycles. The number of thiazole rings is 1. The highest BCUT2D eigenvalue weighted by molar-refractivity contribution is 7.13. The normalized spacial score (nSPS) is 20.1. The minimum absolute atomic E-state index is 0.0297. The van der Waals surface area contributed by atoms with E-state index in [0.29, 0.717) is 24.4 Å². The van der Waals surface area contributed by atoms with E-state index >= 15 is 0 Å². The highest BCUT2D eigenvalue weighted by Gasteiger charge is 2.31. The number of nitrogens with one attached hydrogen (secondary N) is 1. The molecule has 7 heteroatoms. The molecule has 1 aromatic heterocycles. The van der Waals surface area contributed by atoms with Crippen LogP contribution in [-0.4, -0.2) is 52.7 Å². The third-order valence-electron chi connectivity index (χ3n) is 5.79. The van der Waals surface area contributed by atoms with E-state index < -0.39 is 5.97 Å². The Bertz CT molecular complexity index is 1070. The Morgan fingerprint density at radius 2 is 2.03 bits per heavy atom. The molecule has 0 aliphatic carbocycles. The average molecular weight is 452 g/mol.